The standard InChI is InChI=1S/C20H14ClN3O3S/c21-17-8-4-5-9-18(17)24-28(25,26)16-12-10-14(11-13-16)19-22-20(27-23-19)15-6-2-1-3-7-15/h1-13,24H. The van der Waals surface area contributed by atoms with E-state index < -0.39 is 10.0 Å². The highest BCUT2D eigenvalue weighted by molar-refractivity contribution is 7.92. The van der Waals surface area contributed by atoms with Crippen LogP contribution in [-0.2, 0) is 10.0 Å². The number of hydrogen-bond donors (Lipinski definition) is 1. The Morgan fingerprint density at radius 1 is 0.821 bits per heavy atom. The second-order valence-electron chi connectivity index (χ2n) is 5.90. The fourth-order valence-corrected chi connectivity index (χ4v) is 3.89. The van der Waals surface area contributed by atoms with E-state index in [0.717, 1.165) is 5.56 Å². The van der Waals surface area contributed by atoms with E-state index in [1.165, 1.54) is 12.1 Å². The molecule has 0 aliphatic carbocycles. The van der Waals surface area contributed by atoms with Crippen LogP contribution in [0.15, 0.2) is 88.3 Å². The lowest BCUT2D eigenvalue weighted by atomic mass is 10.2. The quantitative estimate of drug-likeness (QED) is 0.507. The van der Waals surface area contributed by atoms with Gasteiger partial charge in [-0.2, -0.15) is 4.98 Å². The Morgan fingerprint density at radius 2 is 1.50 bits per heavy atom. The van der Waals surface area contributed by atoms with Gasteiger partial charge in [-0.3, -0.25) is 4.72 Å². The Hall–Kier alpha value is -3.16. The summed E-state index contributed by atoms with van der Waals surface area (Å²) in [4.78, 5) is 4.46. The summed E-state index contributed by atoms with van der Waals surface area (Å²) >= 11 is 6.02. The van der Waals surface area contributed by atoms with Gasteiger partial charge in [0, 0.05) is 11.1 Å². The van der Waals surface area contributed by atoms with E-state index >= 15 is 0 Å². The Kier molecular flexibility index (Phi) is 4.85. The van der Waals surface area contributed by atoms with Gasteiger partial charge in [-0.05, 0) is 48.5 Å². The Balaban J connectivity index is 1.57. The maximum absolute atomic E-state index is 12.6. The van der Waals surface area contributed by atoms with Crippen molar-refractivity contribution >= 4 is 27.3 Å². The highest BCUT2D eigenvalue weighted by Crippen LogP contribution is 2.26. The number of nitrogens with one attached hydrogen (secondary N) is 1. The smallest absolute Gasteiger partial charge is 0.261 e. The van der Waals surface area contributed by atoms with Crippen molar-refractivity contribution < 1.29 is 12.9 Å². The van der Waals surface area contributed by atoms with Crippen molar-refractivity contribution in [3.8, 4) is 22.8 Å². The van der Waals surface area contributed by atoms with Crippen LogP contribution in [0, 0.1) is 0 Å². The minimum absolute atomic E-state index is 0.1000. The van der Waals surface area contributed by atoms with Gasteiger partial charge in [-0.1, -0.05) is 47.1 Å². The lowest BCUT2D eigenvalue weighted by molar-refractivity contribution is 0.432. The third-order valence-corrected chi connectivity index (χ3v) is 5.70. The molecule has 1 N–H and O–H groups in total. The van der Waals surface area contributed by atoms with E-state index in [-0.39, 0.29) is 4.90 Å². The average Bonchev–Trinajstić information content (AvgIpc) is 3.21. The zero-order valence-corrected chi connectivity index (χ0v) is 16.0. The predicted molar refractivity (Wildman–Crippen MR) is 107 cm³/mol. The SMILES string of the molecule is O=S(=O)(Nc1ccccc1Cl)c1ccc(-c2noc(-c3ccccc3)n2)cc1. The molecule has 0 saturated heterocycles. The number of aromatic nitrogens is 2. The minimum atomic E-state index is -3.77. The normalized spacial score (nSPS) is 11.3. The Morgan fingerprint density at radius 3 is 2.21 bits per heavy atom. The van der Waals surface area contributed by atoms with E-state index in [9.17, 15) is 8.42 Å². The third kappa shape index (κ3) is 3.76. The third-order valence-electron chi connectivity index (χ3n) is 3.99. The molecule has 6 nitrogen and oxygen atoms in total. The summed E-state index contributed by atoms with van der Waals surface area (Å²) in [5.41, 5.74) is 1.77. The monoisotopic (exact) mass is 411 g/mol. The van der Waals surface area contributed by atoms with Crippen molar-refractivity contribution in [2.45, 2.75) is 4.90 Å². The molecule has 0 bridgehead atoms. The molecule has 0 aliphatic heterocycles. The highest BCUT2D eigenvalue weighted by Gasteiger charge is 2.17. The van der Waals surface area contributed by atoms with Crippen LogP contribution < -0.4 is 4.72 Å². The fourth-order valence-electron chi connectivity index (χ4n) is 2.57. The van der Waals surface area contributed by atoms with Crippen molar-refractivity contribution in [1.82, 2.24) is 10.1 Å². The van der Waals surface area contributed by atoms with Gasteiger partial charge in [0.25, 0.3) is 15.9 Å². The lowest BCUT2D eigenvalue weighted by Crippen LogP contribution is -2.13. The van der Waals surface area contributed by atoms with Crippen molar-refractivity contribution in [2.75, 3.05) is 4.72 Å². The number of hydrogen-bond acceptors (Lipinski definition) is 5. The molecule has 1 aromatic heterocycles. The number of benzene rings is 3. The minimum Gasteiger partial charge on any atom is -0.334 e. The van der Waals surface area contributed by atoms with Gasteiger partial charge < -0.3 is 4.52 Å². The molecule has 4 rings (SSSR count). The first-order valence-electron chi connectivity index (χ1n) is 8.30. The molecule has 4 aromatic rings. The van der Waals surface area contributed by atoms with E-state index in [0.29, 0.717) is 28.0 Å². The van der Waals surface area contributed by atoms with Gasteiger partial charge in [0.05, 0.1) is 15.6 Å². The van der Waals surface area contributed by atoms with Crippen LogP contribution in [0.25, 0.3) is 22.8 Å². The molecule has 1 heterocycles. The molecular weight excluding hydrogens is 398 g/mol. The number of para-hydroxylation sites is 1. The van der Waals surface area contributed by atoms with Gasteiger partial charge >= 0.3 is 0 Å². The lowest BCUT2D eigenvalue weighted by Gasteiger charge is -2.09. The summed E-state index contributed by atoms with van der Waals surface area (Å²) in [5.74, 6) is 0.773. The zero-order valence-electron chi connectivity index (χ0n) is 14.4. The number of sulfonamides is 1. The Bertz CT molecular complexity index is 1210. The molecule has 28 heavy (non-hydrogen) atoms. The average molecular weight is 412 g/mol. The van der Waals surface area contributed by atoms with Crippen LogP contribution in [0.1, 0.15) is 0 Å². The van der Waals surface area contributed by atoms with Crippen LogP contribution in [0.4, 0.5) is 5.69 Å². The topological polar surface area (TPSA) is 85.1 Å². The summed E-state index contributed by atoms with van der Waals surface area (Å²) < 4.78 is 32.9. The van der Waals surface area contributed by atoms with E-state index in [1.54, 1.807) is 36.4 Å². The van der Waals surface area contributed by atoms with Crippen molar-refractivity contribution in [3.05, 3.63) is 83.9 Å². The van der Waals surface area contributed by atoms with Gasteiger partial charge in [0.1, 0.15) is 0 Å². The molecule has 0 spiro atoms. The first-order valence-corrected chi connectivity index (χ1v) is 10.2. The molecule has 3 aromatic carbocycles. The van der Waals surface area contributed by atoms with Gasteiger partial charge in [0.15, 0.2) is 0 Å². The zero-order chi connectivity index (χ0) is 19.6. The first kappa shape index (κ1) is 18.2. The van der Waals surface area contributed by atoms with E-state index in [2.05, 4.69) is 14.9 Å². The molecule has 0 unspecified atom stereocenters. The summed E-state index contributed by atoms with van der Waals surface area (Å²) in [6.07, 6.45) is 0. The highest BCUT2D eigenvalue weighted by atomic mass is 35.5. The molecule has 0 fully saturated rings. The van der Waals surface area contributed by atoms with Crippen LogP contribution in [0.3, 0.4) is 0 Å². The summed E-state index contributed by atoms with van der Waals surface area (Å²) in [6, 6.07) is 22.2. The fraction of sp³-hybridized carbons (Fsp3) is 0. The second-order valence-corrected chi connectivity index (χ2v) is 7.99. The van der Waals surface area contributed by atoms with Gasteiger partial charge in [-0.15, -0.1) is 0 Å². The molecule has 140 valence electrons. The van der Waals surface area contributed by atoms with Crippen LogP contribution in [-0.4, -0.2) is 18.6 Å². The number of halogens is 1. The predicted octanol–water partition coefficient (Wildman–Crippen LogP) is 4.86. The van der Waals surface area contributed by atoms with E-state index in [4.69, 9.17) is 16.1 Å². The molecule has 0 amide bonds. The summed E-state index contributed by atoms with van der Waals surface area (Å²) in [7, 11) is -3.77. The largest absolute Gasteiger partial charge is 0.334 e. The van der Waals surface area contributed by atoms with Crippen molar-refractivity contribution in [1.29, 1.82) is 0 Å². The van der Waals surface area contributed by atoms with E-state index in [1.807, 2.05) is 30.3 Å². The summed E-state index contributed by atoms with van der Waals surface area (Å²) in [5, 5.41) is 4.29. The molecule has 0 atom stereocenters. The number of rotatable bonds is 5. The van der Waals surface area contributed by atoms with Crippen LogP contribution in [0.2, 0.25) is 5.02 Å². The van der Waals surface area contributed by atoms with Gasteiger partial charge in [0.2, 0.25) is 5.82 Å². The molecule has 8 heteroatoms. The number of nitrogens with zero attached hydrogens (tertiary/aromatic N) is 2. The van der Waals surface area contributed by atoms with Crippen LogP contribution in [0.5, 0.6) is 0 Å². The summed E-state index contributed by atoms with van der Waals surface area (Å²) in [6.45, 7) is 0. The van der Waals surface area contributed by atoms with Crippen molar-refractivity contribution in [2.24, 2.45) is 0 Å². The molecule has 0 radical (unpaired) electrons. The first-order chi connectivity index (χ1) is 13.5. The Labute approximate surface area is 166 Å². The van der Waals surface area contributed by atoms with Crippen molar-refractivity contribution in [3.63, 3.8) is 0 Å². The van der Waals surface area contributed by atoms with Gasteiger partial charge in [-0.25, -0.2) is 8.42 Å². The second kappa shape index (κ2) is 7.46. The maximum atomic E-state index is 12.6. The molecule has 0 aliphatic rings. The van der Waals surface area contributed by atoms with Crippen LogP contribution >= 0.6 is 11.6 Å². The maximum Gasteiger partial charge on any atom is 0.261 e. The molecular formula is C20H14ClN3O3S. The molecule has 0 saturated carbocycles. The number of anilines is 1.